The number of rotatable bonds is 2. The number of hydrogen-bond donors (Lipinski definition) is 0. The molecule has 1 heterocycles. The fourth-order valence-electron chi connectivity index (χ4n) is 1.39. The summed E-state index contributed by atoms with van der Waals surface area (Å²) in [5.74, 6) is -1.13. The van der Waals surface area contributed by atoms with Crippen LogP contribution in [0.15, 0.2) is 35.8 Å². The lowest BCUT2D eigenvalue weighted by Gasteiger charge is -1.96. The summed E-state index contributed by atoms with van der Waals surface area (Å²) < 4.78 is 0. The summed E-state index contributed by atoms with van der Waals surface area (Å²) in [5.41, 5.74) is 2.22. The highest BCUT2D eigenvalue weighted by molar-refractivity contribution is 7.39. The van der Waals surface area contributed by atoms with Crippen LogP contribution in [0.4, 0.5) is 0 Å². The van der Waals surface area contributed by atoms with Crippen molar-refractivity contribution < 1.29 is 9.90 Å². The Morgan fingerprint density at radius 3 is 2.60 bits per heavy atom. The van der Waals surface area contributed by atoms with Gasteiger partial charge in [-0.25, -0.2) is 4.98 Å². The third-order valence-electron chi connectivity index (χ3n) is 2.08. The summed E-state index contributed by atoms with van der Waals surface area (Å²) in [6.45, 7) is 1.69. The quantitative estimate of drug-likeness (QED) is 0.719. The Hall–Kier alpha value is -1.68. The molecular weight excluding hydrogens is 210 g/mol. The van der Waals surface area contributed by atoms with E-state index in [9.17, 15) is 9.90 Å². The Labute approximate surface area is 90.0 Å². The zero-order valence-electron chi connectivity index (χ0n) is 8.14. The summed E-state index contributed by atoms with van der Waals surface area (Å²) in [6, 6.07) is 9.47. The topological polar surface area (TPSA) is 53.0 Å². The zero-order valence-corrected chi connectivity index (χ0v) is 8.95. The molecule has 0 saturated heterocycles. The van der Waals surface area contributed by atoms with Crippen molar-refractivity contribution in [2.75, 3.05) is 0 Å². The third kappa shape index (κ3) is 1.76. The van der Waals surface area contributed by atoms with Crippen molar-refractivity contribution >= 4 is 16.4 Å². The van der Waals surface area contributed by atoms with Crippen molar-refractivity contribution in [3.63, 3.8) is 0 Å². The number of carbonyl (C=O) groups excluding carboxylic acids is 1. The van der Waals surface area contributed by atoms with E-state index in [-0.39, 0.29) is 0 Å². The van der Waals surface area contributed by atoms with Gasteiger partial charge < -0.3 is 9.90 Å². The molecule has 0 amide bonds. The Morgan fingerprint density at radius 2 is 2.00 bits per heavy atom. The van der Waals surface area contributed by atoms with Crippen LogP contribution in [-0.4, -0.2) is 11.0 Å². The highest BCUT2D eigenvalue weighted by atomic mass is 32.2. The molecule has 2 aromatic rings. The highest BCUT2D eigenvalue weighted by Crippen LogP contribution is 2.35. The fraction of sp³-hybridized carbons (Fsp3) is 0.0909. The molecule has 76 valence electrons. The minimum absolute atomic E-state index is 0.293. The molecule has 0 saturated carbocycles. The average molecular weight is 219 g/mol. The minimum Gasteiger partial charge on any atom is -0.540 e. The molecular formula is C11H9NO2S. The van der Waals surface area contributed by atoms with Gasteiger partial charge in [0.2, 0.25) is 10.4 Å². The molecule has 15 heavy (non-hydrogen) atoms. The van der Waals surface area contributed by atoms with Crippen molar-refractivity contribution in [3.05, 3.63) is 46.4 Å². The van der Waals surface area contributed by atoms with Crippen LogP contribution in [0.1, 0.15) is 15.4 Å². The van der Waals surface area contributed by atoms with Crippen LogP contribution in [0.5, 0.6) is 0 Å². The maximum atomic E-state index is 11.0. The molecule has 1 unspecified atom stereocenters. The largest absolute Gasteiger partial charge is 0.540 e. The van der Waals surface area contributed by atoms with Crippen molar-refractivity contribution in [3.8, 4) is 4.90 Å². The number of carboxylic acid groups (broad SMARTS) is 1. The first kappa shape index (κ1) is 9.86. The van der Waals surface area contributed by atoms with Gasteiger partial charge in [-0.1, -0.05) is 18.2 Å². The number of nitrogens with zero attached hydrogens (tertiary/aromatic N) is 1. The standard InChI is InChI=1S/C11H9NO2S/c1-8-10(11(13)14)15(7-12-8)9-5-3-2-4-6-9/h2-7H,1H3. The van der Waals surface area contributed by atoms with E-state index in [1.54, 1.807) is 12.4 Å². The number of hydrogen-bond acceptors (Lipinski definition) is 3. The Morgan fingerprint density at radius 1 is 1.33 bits per heavy atom. The van der Waals surface area contributed by atoms with E-state index in [0.717, 1.165) is 4.90 Å². The molecule has 0 radical (unpaired) electrons. The summed E-state index contributed by atoms with van der Waals surface area (Å²) in [6.07, 6.45) is 0. The Kier molecular flexibility index (Phi) is 2.51. The van der Waals surface area contributed by atoms with E-state index in [2.05, 4.69) is 4.98 Å². The van der Waals surface area contributed by atoms with E-state index >= 15 is 0 Å². The third-order valence-corrected chi connectivity index (χ3v) is 4.08. The van der Waals surface area contributed by atoms with Gasteiger partial charge in [0.05, 0.1) is 0 Å². The summed E-state index contributed by atoms with van der Waals surface area (Å²) >= 11 is 0. The first-order valence-electron chi connectivity index (χ1n) is 4.44. The number of benzene rings is 1. The van der Waals surface area contributed by atoms with Crippen LogP contribution in [0.3, 0.4) is 0 Å². The van der Waals surface area contributed by atoms with E-state index in [1.807, 2.05) is 30.3 Å². The lowest BCUT2D eigenvalue weighted by molar-refractivity contribution is -0.254. The monoisotopic (exact) mass is 219 g/mol. The second-order valence-electron chi connectivity index (χ2n) is 3.09. The smallest absolute Gasteiger partial charge is 0.236 e. The van der Waals surface area contributed by atoms with Gasteiger partial charge in [0.15, 0.2) is 4.90 Å². The molecule has 0 spiro atoms. The van der Waals surface area contributed by atoms with Gasteiger partial charge >= 0.3 is 0 Å². The van der Waals surface area contributed by atoms with E-state index < -0.39 is 16.4 Å². The first-order chi connectivity index (χ1) is 7.20. The normalized spacial score (nSPS) is 11.4. The molecule has 3 nitrogen and oxygen atoms in total. The summed E-state index contributed by atoms with van der Waals surface area (Å²) in [5, 5.41) is 11.0. The summed E-state index contributed by atoms with van der Waals surface area (Å²) in [7, 11) is -0.563. The average Bonchev–Trinajstić information content (AvgIpc) is 2.61. The lowest BCUT2D eigenvalue weighted by atomic mass is 10.4. The van der Waals surface area contributed by atoms with Crippen molar-refractivity contribution in [2.24, 2.45) is 0 Å². The van der Waals surface area contributed by atoms with Gasteiger partial charge in [-0.3, -0.25) is 0 Å². The number of carboxylic acids is 1. The number of carbonyl (C=O) groups is 1. The molecule has 0 aliphatic rings. The molecule has 0 bridgehead atoms. The minimum atomic E-state index is -1.13. The van der Waals surface area contributed by atoms with Gasteiger partial charge in [-0.15, -0.1) is 0 Å². The maximum Gasteiger partial charge on any atom is 0.236 e. The zero-order chi connectivity index (χ0) is 10.8. The maximum absolute atomic E-state index is 11.0. The molecule has 1 aromatic carbocycles. The van der Waals surface area contributed by atoms with Gasteiger partial charge in [-0.2, -0.15) is 0 Å². The number of aromatic nitrogens is 1. The number of aryl methyl sites for hydroxylation is 1. The van der Waals surface area contributed by atoms with Gasteiger partial charge in [0.25, 0.3) is 0 Å². The predicted molar refractivity (Wildman–Crippen MR) is 57.1 cm³/mol. The predicted octanol–water partition coefficient (Wildman–Crippen LogP) is 1.49. The molecule has 4 heteroatoms. The molecule has 1 atom stereocenters. The Bertz CT molecular complexity index is 491. The Balaban J connectivity index is 2.59. The molecule has 1 aromatic heterocycles. The molecule has 0 aliphatic carbocycles. The first-order valence-corrected chi connectivity index (χ1v) is 5.73. The lowest BCUT2D eigenvalue weighted by Crippen LogP contribution is -2.22. The number of thiazole rings is 1. The highest BCUT2D eigenvalue weighted by Gasteiger charge is 2.21. The fourth-order valence-corrected chi connectivity index (χ4v) is 3.11. The van der Waals surface area contributed by atoms with Crippen LogP contribution in [0, 0.1) is 6.92 Å². The SMILES string of the molecule is Cc1nc[s+](-c2ccccc2)c1C(=O)[O-]. The molecule has 0 fully saturated rings. The van der Waals surface area contributed by atoms with Crippen molar-refractivity contribution in [2.45, 2.75) is 6.92 Å². The van der Waals surface area contributed by atoms with E-state index in [0.29, 0.717) is 10.6 Å². The van der Waals surface area contributed by atoms with Gasteiger partial charge in [-0.05, 0) is 19.1 Å². The number of aromatic carboxylic acids is 1. The van der Waals surface area contributed by atoms with Crippen LogP contribution in [-0.2, 0) is 0 Å². The molecule has 0 N–H and O–H groups in total. The van der Waals surface area contributed by atoms with Crippen LogP contribution in [0.25, 0.3) is 4.90 Å². The summed E-state index contributed by atoms with van der Waals surface area (Å²) in [4.78, 5) is 16.2. The van der Waals surface area contributed by atoms with Gasteiger partial charge in [0.1, 0.15) is 11.7 Å². The van der Waals surface area contributed by atoms with E-state index in [4.69, 9.17) is 0 Å². The molecule has 2 rings (SSSR count). The van der Waals surface area contributed by atoms with Crippen LogP contribution in [0.2, 0.25) is 0 Å². The second-order valence-corrected chi connectivity index (χ2v) is 4.85. The van der Waals surface area contributed by atoms with Crippen molar-refractivity contribution in [1.82, 2.24) is 4.98 Å². The molecule has 0 aliphatic heterocycles. The van der Waals surface area contributed by atoms with Gasteiger partial charge in [0, 0.05) is 10.5 Å². The van der Waals surface area contributed by atoms with E-state index in [1.165, 1.54) is 0 Å². The second kappa shape index (κ2) is 3.82. The van der Waals surface area contributed by atoms with Crippen LogP contribution >= 0.6 is 10.5 Å². The van der Waals surface area contributed by atoms with Crippen molar-refractivity contribution in [1.29, 1.82) is 0 Å². The van der Waals surface area contributed by atoms with Crippen LogP contribution < -0.4 is 5.11 Å².